The summed E-state index contributed by atoms with van der Waals surface area (Å²) in [5.41, 5.74) is 3.43. The van der Waals surface area contributed by atoms with Gasteiger partial charge < -0.3 is 10.0 Å². The Morgan fingerprint density at radius 3 is 2.48 bits per heavy atom. The van der Waals surface area contributed by atoms with Crippen LogP contribution in [0.3, 0.4) is 0 Å². The second-order valence-electron chi connectivity index (χ2n) is 7.67. The Hall–Kier alpha value is -2.43. The molecule has 132 valence electrons. The van der Waals surface area contributed by atoms with Gasteiger partial charge in [0.05, 0.1) is 5.69 Å². The Bertz CT molecular complexity index is 792. The Balaban J connectivity index is 2.07. The van der Waals surface area contributed by atoms with Crippen molar-refractivity contribution in [2.24, 2.45) is 5.41 Å². The Morgan fingerprint density at radius 1 is 1.16 bits per heavy atom. The molecule has 3 rings (SSSR count). The van der Waals surface area contributed by atoms with E-state index in [9.17, 15) is 9.90 Å². The molecule has 1 amide bonds. The number of fused-ring (bicyclic) bond motifs is 1. The lowest BCUT2D eigenvalue weighted by atomic mass is 9.94. The first kappa shape index (κ1) is 17.4. The number of phenols is 1. The van der Waals surface area contributed by atoms with Crippen LogP contribution in [0.25, 0.3) is 11.3 Å². The SMILES string of the molecule is Cc1nc2c(c(-c3ccc(O)cc3)n1)CN(C(=O)C(C)(C)C)CCC2. The lowest BCUT2D eigenvalue weighted by Gasteiger charge is -2.29. The molecular formula is C20H25N3O2. The van der Waals surface area contributed by atoms with Gasteiger partial charge in [0.25, 0.3) is 0 Å². The van der Waals surface area contributed by atoms with Gasteiger partial charge >= 0.3 is 0 Å². The minimum atomic E-state index is -0.408. The van der Waals surface area contributed by atoms with E-state index in [4.69, 9.17) is 0 Å². The van der Waals surface area contributed by atoms with Crippen LogP contribution in [0.15, 0.2) is 24.3 Å². The largest absolute Gasteiger partial charge is 0.508 e. The highest BCUT2D eigenvalue weighted by Crippen LogP contribution is 2.30. The summed E-state index contributed by atoms with van der Waals surface area (Å²) in [6, 6.07) is 7.04. The smallest absolute Gasteiger partial charge is 0.228 e. The predicted octanol–water partition coefficient (Wildman–Crippen LogP) is 3.48. The van der Waals surface area contributed by atoms with Gasteiger partial charge in [0.15, 0.2) is 0 Å². The summed E-state index contributed by atoms with van der Waals surface area (Å²) >= 11 is 0. The molecule has 5 nitrogen and oxygen atoms in total. The van der Waals surface area contributed by atoms with Crippen LogP contribution >= 0.6 is 0 Å². The summed E-state index contributed by atoms with van der Waals surface area (Å²) in [4.78, 5) is 24.0. The molecule has 25 heavy (non-hydrogen) atoms. The molecule has 2 heterocycles. The highest BCUT2D eigenvalue weighted by molar-refractivity contribution is 5.82. The van der Waals surface area contributed by atoms with Gasteiger partial charge in [-0.3, -0.25) is 4.79 Å². The molecule has 0 saturated carbocycles. The molecule has 0 unspecified atom stereocenters. The topological polar surface area (TPSA) is 66.3 Å². The van der Waals surface area contributed by atoms with Gasteiger partial charge in [-0.15, -0.1) is 0 Å². The molecule has 0 spiro atoms. The van der Waals surface area contributed by atoms with Crippen molar-refractivity contribution in [3.63, 3.8) is 0 Å². The van der Waals surface area contributed by atoms with Crippen molar-refractivity contribution < 1.29 is 9.90 Å². The van der Waals surface area contributed by atoms with E-state index in [1.807, 2.05) is 44.7 Å². The second kappa shape index (κ2) is 6.47. The molecule has 1 aliphatic rings. The van der Waals surface area contributed by atoms with Gasteiger partial charge in [0.1, 0.15) is 11.6 Å². The predicted molar refractivity (Wildman–Crippen MR) is 97.1 cm³/mol. The number of hydrogen-bond donors (Lipinski definition) is 1. The molecule has 1 aromatic heterocycles. The van der Waals surface area contributed by atoms with Crippen LogP contribution in [-0.4, -0.2) is 32.4 Å². The molecule has 2 aromatic rings. The van der Waals surface area contributed by atoms with Crippen molar-refractivity contribution >= 4 is 5.91 Å². The third kappa shape index (κ3) is 3.65. The number of carbonyl (C=O) groups is 1. The standard InChI is InChI=1S/C20H25N3O2/c1-13-21-17-6-5-11-23(19(25)20(2,3)4)12-16(17)18(22-13)14-7-9-15(24)10-8-14/h7-10,24H,5-6,11-12H2,1-4H3. The molecule has 1 aromatic carbocycles. The average Bonchev–Trinajstić information content (AvgIpc) is 2.75. The molecule has 1 N–H and O–H groups in total. The first-order valence-electron chi connectivity index (χ1n) is 8.71. The number of amides is 1. The van der Waals surface area contributed by atoms with Crippen LogP contribution in [0.5, 0.6) is 5.75 Å². The van der Waals surface area contributed by atoms with Crippen molar-refractivity contribution in [3.8, 4) is 17.0 Å². The van der Waals surface area contributed by atoms with E-state index in [2.05, 4.69) is 9.97 Å². The van der Waals surface area contributed by atoms with E-state index in [0.29, 0.717) is 6.54 Å². The number of carbonyl (C=O) groups excluding carboxylic acids is 1. The van der Waals surface area contributed by atoms with E-state index in [-0.39, 0.29) is 11.7 Å². The van der Waals surface area contributed by atoms with Gasteiger partial charge in [-0.1, -0.05) is 20.8 Å². The number of aromatic hydroxyl groups is 1. The normalized spacial score (nSPS) is 14.8. The molecule has 5 heteroatoms. The number of benzene rings is 1. The summed E-state index contributed by atoms with van der Waals surface area (Å²) in [6.45, 7) is 9.02. The van der Waals surface area contributed by atoms with Gasteiger partial charge in [0, 0.05) is 35.3 Å². The zero-order valence-electron chi connectivity index (χ0n) is 15.3. The van der Waals surface area contributed by atoms with Gasteiger partial charge in [0.2, 0.25) is 5.91 Å². The first-order chi connectivity index (χ1) is 11.8. The number of aryl methyl sites for hydroxylation is 2. The Kier molecular flexibility index (Phi) is 4.50. The number of phenolic OH excluding ortho intramolecular Hbond substituents is 1. The summed E-state index contributed by atoms with van der Waals surface area (Å²) in [6.07, 6.45) is 1.75. The number of rotatable bonds is 1. The van der Waals surface area contributed by atoms with Crippen LogP contribution < -0.4 is 0 Å². The lowest BCUT2D eigenvalue weighted by Crippen LogP contribution is -2.39. The van der Waals surface area contributed by atoms with E-state index in [1.165, 1.54) is 0 Å². The minimum absolute atomic E-state index is 0.151. The van der Waals surface area contributed by atoms with Crippen molar-refractivity contribution in [3.05, 3.63) is 41.3 Å². The van der Waals surface area contributed by atoms with Crippen molar-refractivity contribution in [1.29, 1.82) is 0 Å². The summed E-state index contributed by atoms with van der Waals surface area (Å²) in [5.74, 6) is 1.11. The van der Waals surface area contributed by atoms with Crippen LogP contribution in [0, 0.1) is 12.3 Å². The van der Waals surface area contributed by atoms with Crippen molar-refractivity contribution in [2.75, 3.05) is 6.54 Å². The zero-order chi connectivity index (χ0) is 18.2. The monoisotopic (exact) mass is 339 g/mol. The van der Waals surface area contributed by atoms with E-state index >= 15 is 0 Å². The van der Waals surface area contributed by atoms with E-state index in [1.54, 1.807) is 12.1 Å². The molecule has 0 fully saturated rings. The molecule has 0 bridgehead atoms. The summed E-state index contributed by atoms with van der Waals surface area (Å²) in [7, 11) is 0. The van der Waals surface area contributed by atoms with Crippen LogP contribution in [-0.2, 0) is 17.8 Å². The second-order valence-corrected chi connectivity index (χ2v) is 7.67. The number of nitrogens with zero attached hydrogens (tertiary/aromatic N) is 3. The van der Waals surface area contributed by atoms with Crippen molar-refractivity contribution in [2.45, 2.75) is 47.1 Å². The molecule has 0 saturated heterocycles. The number of hydrogen-bond acceptors (Lipinski definition) is 4. The molecule has 1 aliphatic heterocycles. The lowest BCUT2D eigenvalue weighted by molar-refractivity contribution is -0.140. The summed E-state index contributed by atoms with van der Waals surface area (Å²) < 4.78 is 0. The molecule has 0 aliphatic carbocycles. The maximum Gasteiger partial charge on any atom is 0.228 e. The fraction of sp³-hybridized carbons (Fsp3) is 0.450. The third-order valence-corrected chi connectivity index (χ3v) is 4.46. The van der Waals surface area contributed by atoms with E-state index in [0.717, 1.165) is 47.7 Å². The van der Waals surface area contributed by atoms with Gasteiger partial charge in [-0.05, 0) is 44.0 Å². The maximum absolute atomic E-state index is 12.8. The highest BCUT2D eigenvalue weighted by atomic mass is 16.3. The Morgan fingerprint density at radius 2 is 1.84 bits per heavy atom. The summed E-state index contributed by atoms with van der Waals surface area (Å²) in [5, 5.41) is 9.56. The third-order valence-electron chi connectivity index (χ3n) is 4.46. The highest BCUT2D eigenvalue weighted by Gasteiger charge is 2.30. The molecule has 0 atom stereocenters. The van der Waals surface area contributed by atoms with Crippen LogP contribution in [0.2, 0.25) is 0 Å². The number of aromatic nitrogens is 2. The fourth-order valence-electron chi connectivity index (χ4n) is 3.24. The quantitative estimate of drug-likeness (QED) is 0.864. The minimum Gasteiger partial charge on any atom is -0.508 e. The molecular weight excluding hydrogens is 314 g/mol. The van der Waals surface area contributed by atoms with E-state index < -0.39 is 5.41 Å². The van der Waals surface area contributed by atoms with Crippen molar-refractivity contribution in [1.82, 2.24) is 14.9 Å². The fourth-order valence-corrected chi connectivity index (χ4v) is 3.24. The zero-order valence-corrected chi connectivity index (χ0v) is 15.3. The average molecular weight is 339 g/mol. The Labute approximate surface area is 148 Å². The van der Waals surface area contributed by atoms with Crippen LogP contribution in [0.1, 0.15) is 44.3 Å². The maximum atomic E-state index is 12.8. The first-order valence-corrected chi connectivity index (χ1v) is 8.71. The van der Waals surface area contributed by atoms with Crippen LogP contribution in [0.4, 0.5) is 0 Å². The van der Waals surface area contributed by atoms with Gasteiger partial charge in [-0.25, -0.2) is 9.97 Å². The molecule has 0 radical (unpaired) electrons. The van der Waals surface area contributed by atoms with Gasteiger partial charge in [-0.2, -0.15) is 0 Å².